The van der Waals surface area contributed by atoms with Crippen molar-refractivity contribution >= 4 is 123 Å². The fourth-order valence-corrected chi connectivity index (χ4v) is 18.2. The molecule has 6 aliphatic rings. The van der Waals surface area contributed by atoms with E-state index in [0.717, 1.165) is 38.5 Å². The Morgan fingerprint density at radius 1 is 0.234 bits per heavy atom. The molecular formula is C94H106. The van der Waals surface area contributed by atoms with Crippen LogP contribution in [0.15, 0.2) is 71.8 Å². The van der Waals surface area contributed by atoms with Crippen molar-refractivity contribution in [1.29, 1.82) is 0 Å². The maximum absolute atomic E-state index is 2.39. The van der Waals surface area contributed by atoms with Gasteiger partial charge in [-0.1, -0.05) is 152 Å². The van der Waals surface area contributed by atoms with Crippen LogP contribution in [0.25, 0.3) is 123 Å². The predicted molar refractivity (Wildman–Crippen MR) is 426 cm³/mol. The van der Waals surface area contributed by atoms with Crippen molar-refractivity contribution < 1.29 is 0 Å². The topological polar surface area (TPSA) is 0 Å². The molecule has 11 aromatic carbocycles. The van der Waals surface area contributed by atoms with Crippen LogP contribution in [0.5, 0.6) is 0 Å². The molecule has 11 aromatic rings. The molecule has 0 nitrogen and oxygen atoms in total. The molecule has 0 aliphatic heterocycles. The highest BCUT2D eigenvalue weighted by molar-refractivity contribution is 6.30. The molecule has 0 aromatic heterocycles. The van der Waals surface area contributed by atoms with Crippen molar-refractivity contribution in [3.05, 3.63) is 228 Å². The molecule has 17 rings (SSSR count). The van der Waals surface area contributed by atoms with E-state index in [9.17, 15) is 0 Å². The van der Waals surface area contributed by atoms with E-state index in [0.29, 0.717) is 0 Å². The van der Waals surface area contributed by atoms with E-state index in [1.54, 1.807) is 0 Å². The van der Waals surface area contributed by atoms with Gasteiger partial charge in [0.1, 0.15) is 0 Å². The highest BCUT2D eigenvalue weighted by atomic mass is 14.3. The molecule has 0 heterocycles. The molecule has 6 aliphatic carbocycles. The van der Waals surface area contributed by atoms with E-state index >= 15 is 0 Å². The summed E-state index contributed by atoms with van der Waals surface area (Å²) < 4.78 is 0. The van der Waals surface area contributed by atoms with E-state index in [1.165, 1.54) is 253 Å². The molecule has 0 saturated carbocycles. The van der Waals surface area contributed by atoms with Gasteiger partial charge in [-0.2, -0.15) is 0 Å². The lowest BCUT2D eigenvalue weighted by Crippen LogP contribution is -2.04. The highest BCUT2D eigenvalue weighted by Gasteiger charge is 2.29. The van der Waals surface area contributed by atoms with Crippen LogP contribution in [0.3, 0.4) is 0 Å². The Morgan fingerprint density at radius 2 is 0.447 bits per heavy atom. The van der Waals surface area contributed by atoms with Gasteiger partial charge in [0.25, 0.3) is 0 Å². The predicted octanol–water partition coefficient (Wildman–Crippen LogP) is 27.5. The molecule has 0 N–H and O–H groups in total. The molecule has 0 spiro atoms. The van der Waals surface area contributed by atoms with Crippen molar-refractivity contribution in [3.63, 3.8) is 0 Å². The first kappa shape index (κ1) is 67.4. The Hall–Kier alpha value is -8.06. The van der Waals surface area contributed by atoms with Crippen molar-refractivity contribution in [2.75, 3.05) is 0 Å². The third kappa shape index (κ3) is 9.95. The molecule has 482 valence electrons. The lowest BCUT2D eigenvalue weighted by atomic mass is 9.77. The Bertz CT molecular complexity index is 4970. The van der Waals surface area contributed by atoms with Crippen molar-refractivity contribution in [1.82, 2.24) is 0 Å². The zero-order valence-corrected chi connectivity index (χ0v) is 62.5. The zero-order chi connectivity index (χ0) is 68.1. The number of fused-ring (bicyclic) bond motifs is 19. The Labute approximate surface area is 565 Å². The number of allylic oxidation sites excluding steroid dienone is 6. The van der Waals surface area contributed by atoms with Gasteiger partial charge >= 0.3 is 0 Å². The van der Waals surface area contributed by atoms with Gasteiger partial charge < -0.3 is 0 Å². The quantitative estimate of drug-likeness (QED) is 0.133. The molecule has 94 heavy (non-hydrogen) atoms. The van der Waals surface area contributed by atoms with Gasteiger partial charge in [-0.25, -0.2) is 0 Å². The summed E-state index contributed by atoms with van der Waals surface area (Å²) in [5.74, 6) is 0. The van der Waals surface area contributed by atoms with Gasteiger partial charge in [-0.3, -0.25) is 0 Å². The van der Waals surface area contributed by atoms with Crippen LogP contribution in [0, 0.1) is 111 Å². The summed E-state index contributed by atoms with van der Waals surface area (Å²) in [5, 5.41) is 23.4. The monoisotopic (exact) mass is 1230 g/mol. The second-order valence-corrected chi connectivity index (χ2v) is 27.4. The van der Waals surface area contributed by atoms with Gasteiger partial charge in [-0.15, -0.1) is 0 Å². The summed E-state index contributed by atoms with van der Waals surface area (Å²) in [6.45, 7) is 58.2. The summed E-state index contributed by atoms with van der Waals surface area (Å²) in [4.78, 5) is 0. The molecular weight excluding hydrogens is 1130 g/mol. The smallest absolute Gasteiger partial charge is 0.00604 e. The number of hydrogen-bond acceptors (Lipinski definition) is 0. The van der Waals surface area contributed by atoms with Gasteiger partial charge in [0, 0.05) is 0 Å². The van der Waals surface area contributed by atoms with E-state index in [4.69, 9.17) is 0 Å². The highest BCUT2D eigenvalue weighted by Crippen LogP contribution is 2.52. The summed E-state index contributed by atoms with van der Waals surface area (Å²) >= 11 is 0. The molecule has 0 heteroatoms. The normalized spacial score (nSPS) is 13.8. The van der Waals surface area contributed by atoms with Gasteiger partial charge in [0.15, 0.2) is 0 Å². The Morgan fingerprint density at radius 3 is 0.681 bits per heavy atom. The van der Waals surface area contributed by atoms with Crippen LogP contribution in [-0.4, -0.2) is 0 Å². The van der Waals surface area contributed by atoms with Gasteiger partial charge in [0.2, 0.25) is 0 Å². The van der Waals surface area contributed by atoms with Crippen LogP contribution in [0.4, 0.5) is 0 Å². The third-order valence-corrected chi connectivity index (χ3v) is 23.0. The molecule has 0 atom stereocenters. The molecule has 0 saturated heterocycles. The van der Waals surface area contributed by atoms with Crippen LogP contribution in [0.1, 0.15) is 225 Å². The molecule has 0 bridgehead atoms. The fourth-order valence-electron chi connectivity index (χ4n) is 18.2. The minimum absolute atomic E-state index is 1.06. The first-order valence-corrected chi connectivity index (χ1v) is 36.1. The van der Waals surface area contributed by atoms with Crippen LogP contribution < -0.4 is 0 Å². The largest absolute Gasteiger partial charge is 0.0795 e. The fraction of sp³-hybridized carbons (Fsp3) is 0.340. The minimum Gasteiger partial charge on any atom is -0.0795 e. The zero-order valence-electron chi connectivity index (χ0n) is 62.5. The number of rotatable bonds is 0. The van der Waals surface area contributed by atoms with Crippen molar-refractivity contribution in [2.24, 2.45) is 0 Å². The summed E-state index contributed by atoms with van der Waals surface area (Å²) in [6, 6.07) is 14.1. The van der Waals surface area contributed by atoms with Crippen LogP contribution >= 0.6 is 0 Å². The first-order valence-electron chi connectivity index (χ1n) is 36.1. The van der Waals surface area contributed by atoms with E-state index in [-0.39, 0.29) is 0 Å². The summed E-state index contributed by atoms with van der Waals surface area (Å²) in [6.07, 6.45) is 29.9. The van der Waals surface area contributed by atoms with Gasteiger partial charge in [-0.05, 0) is 417 Å². The lowest BCUT2D eigenvalue weighted by Gasteiger charge is -2.27. The lowest BCUT2D eigenvalue weighted by molar-refractivity contribution is 1.20. The van der Waals surface area contributed by atoms with E-state index in [1.807, 2.05) is 55.4 Å². The second-order valence-electron chi connectivity index (χ2n) is 27.4. The molecule has 0 amide bonds. The first-order chi connectivity index (χ1) is 45.2. The number of benzene rings is 11. The molecule has 0 unspecified atom stereocenters. The molecule has 0 radical (unpaired) electrons. The average molecular weight is 1240 g/mol. The Balaban J connectivity index is 0.000000141. The minimum atomic E-state index is 1.06. The number of aryl methyl sites for hydroxylation is 16. The average Bonchev–Trinajstić information content (AvgIpc) is 1.67. The van der Waals surface area contributed by atoms with Crippen LogP contribution in [-0.2, 0) is 38.5 Å². The second kappa shape index (κ2) is 25.9. The van der Waals surface area contributed by atoms with Gasteiger partial charge in [0.05, 0.1) is 0 Å². The van der Waals surface area contributed by atoms with Crippen LogP contribution in [0.2, 0.25) is 0 Å². The summed E-state index contributed by atoms with van der Waals surface area (Å²) in [5.41, 5.74) is 44.1. The maximum atomic E-state index is 2.39. The third-order valence-electron chi connectivity index (χ3n) is 23.0. The van der Waals surface area contributed by atoms with Crippen molar-refractivity contribution in [2.45, 2.75) is 219 Å². The van der Waals surface area contributed by atoms with E-state index < -0.39 is 0 Å². The number of hydrogen-bond donors (Lipinski definition) is 0. The maximum Gasteiger partial charge on any atom is -0.00604 e. The summed E-state index contributed by atoms with van der Waals surface area (Å²) in [7, 11) is 0. The van der Waals surface area contributed by atoms with Crippen molar-refractivity contribution in [3.8, 4) is 0 Å². The standard InChI is InChI=1S/C38H38.C26H26.C22H18.4C2H6/c1-17-19(3)33-34-20(4)18(2)32-24(8)28-14-12-16-30(28)26(10)38(32)36(34)22(6)21(5)35(33)37-25(9)29-15-11-13-27(29)23(7)31(17)37;1-13-14(2)24-16(4)20-10-8-12-22(20)18(6)26(24)25-17(5)21-11-7-9-19(21)15(3)23(13)25;1-13-5-17-9-15-3-4-16-10-18-6-14(2)8-20(18)12-22(16)21(15)11-19(17)7-13;4*1-2/h11-12,15-16H,13-14H2,1-10H3;7-8,11-12H,9-10H2,1-6H3;3-4,7-12H,5-6H2,1-2H3;4*1-2H3. The molecule has 0 fully saturated rings. The SMILES string of the molecule is CC.CC.CC.CC.CC1=Cc2cc3c(ccc4cc5c(cc43)C=C(C)C5)cc2C1.Cc1c2c(c(C)c3c1c(C)c(C)c1c(C)c4c(c(C)c13)C=CC4)C=CC2.Cc1c2c(c(C)c3c1c(C)c(C)c1c3c(C)c(C)c3c4c(C)c5c(c(C)c4c(C)c(C)c31)CC=C5)C=CC2. The Kier molecular flexibility index (Phi) is 18.6. The van der Waals surface area contributed by atoms with E-state index in [2.05, 4.69) is 222 Å².